The number of alkyl carbamates (subject to hydrolysis) is 1. The van der Waals surface area contributed by atoms with Gasteiger partial charge < -0.3 is 26.4 Å². The smallest absolute Gasteiger partial charge is 0.407 e. The van der Waals surface area contributed by atoms with Crippen molar-refractivity contribution in [2.24, 2.45) is 17.6 Å². The summed E-state index contributed by atoms with van der Waals surface area (Å²) in [6, 6.07) is 31.8. The third-order valence-electron chi connectivity index (χ3n) is 11.1. The van der Waals surface area contributed by atoms with Gasteiger partial charge in [-0.25, -0.2) is 4.79 Å². The molecular weight excluding hydrogens is 813 g/mol. The molecule has 3 amide bonds. The second-order valence-electron chi connectivity index (χ2n) is 19.2. The molecule has 0 heterocycles. The highest BCUT2D eigenvalue weighted by molar-refractivity contribution is 6.00. The maximum absolute atomic E-state index is 13.4. The molecule has 4 aromatic carbocycles. The van der Waals surface area contributed by atoms with Gasteiger partial charge in [0.05, 0.1) is 0 Å². The van der Waals surface area contributed by atoms with Crippen molar-refractivity contribution in [2.45, 2.75) is 131 Å². The van der Waals surface area contributed by atoms with E-state index in [9.17, 15) is 24.0 Å². The third kappa shape index (κ3) is 19.2. The van der Waals surface area contributed by atoms with Gasteiger partial charge in [0.2, 0.25) is 11.8 Å². The molecule has 10 heteroatoms. The summed E-state index contributed by atoms with van der Waals surface area (Å²) in [6.07, 6.45) is 0.755. The largest absolute Gasteiger partial charge is 0.444 e. The Bertz CT molecular complexity index is 2090. The Hall–Kier alpha value is -5.61. The number of amides is 3. The fraction of sp³-hybridized carbons (Fsp3) is 0.473. The molecule has 0 saturated heterocycles. The van der Waals surface area contributed by atoms with E-state index in [4.69, 9.17) is 10.5 Å². The number of nitrogens with two attached hydrogens (primary N) is 1. The number of hydrogen-bond acceptors (Lipinski definition) is 7. The van der Waals surface area contributed by atoms with Gasteiger partial charge in [0, 0.05) is 62.0 Å². The predicted octanol–water partition coefficient (Wildman–Crippen LogP) is 10.4. The second kappa shape index (κ2) is 26.4. The van der Waals surface area contributed by atoms with Crippen LogP contribution in [0.25, 0.3) is 0 Å². The van der Waals surface area contributed by atoms with Gasteiger partial charge in [0.1, 0.15) is 5.60 Å². The van der Waals surface area contributed by atoms with Crippen LogP contribution in [-0.2, 0) is 27.2 Å². The molecule has 352 valence electrons. The minimum atomic E-state index is -0.587. The van der Waals surface area contributed by atoms with Gasteiger partial charge in [-0.3, -0.25) is 19.2 Å². The summed E-state index contributed by atoms with van der Waals surface area (Å²) in [6.45, 7) is 23.6. The maximum Gasteiger partial charge on any atom is 0.407 e. The molecule has 0 saturated carbocycles. The van der Waals surface area contributed by atoms with E-state index < -0.39 is 23.5 Å². The molecule has 0 aromatic heterocycles. The lowest BCUT2D eigenvalue weighted by Gasteiger charge is -2.20. The highest BCUT2D eigenvalue weighted by Gasteiger charge is 2.26. The van der Waals surface area contributed by atoms with Crippen LogP contribution in [0.1, 0.15) is 167 Å². The van der Waals surface area contributed by atoms with Crippen LogP contribution < -0.4 is 21.7 Å². The Labute approximate surface area is 389 Å². The normalized spacial score (nSPS) is 12.3. The van der Waals surface area contributed by atoms with Crippen LogP contribution in [0.5, 0.6) is 0 Å². The van der Waals surface area contributed by atoms with Gasteiger partial charge in [-0.15, -0.1) is 0 Å². The van der Waals surface area contributed by atoms with Crippen molar-refractivity contribution in [1.82, 2.24) is 16.0 Å². The number of carbonyl (C=O) groups excluding carboxylic acids is 5. The molecule has 0 aliphatic rings. The number of hydrogen-bond donors (Lipinski definition) is 4. The molecule has 0 unspecified atom stereocenters. The molecule has 0 aliphatic heterocycles. The van der Waals surface area contributed by atoms with E-state index in [1.807, 2.05) is 84.9 Å². The molecule has 5 N–H and O–H groups in total. The number of rotatable bonds is 21. The van der Waals surface area contributed by atoms with Crippen molar-refractivity contribution in [3.63, 3.8) is 0 Å². The van der Waals surface area contributed by atoms with Crippen molar-refractivity contribution >= 4 is 29.5 Å². The minimum Gasteiger partial charge on any atom is -0.444 e. The van der Waals surface area contributed by atoms with E-state index >= 15 is 0 Å². The Morgan fingerprint density at radius 2 is 0.846 bits per heavy atom. The highest BCUT2D eigenvalue weighted by Crippen LogP contribution is 2.27. The number of nitrogens with one attached hydrogen (secondary N) is 3. The summed E-state index contributed by atoms with van der Waals surface area (Å²) in [4.78, 5) is 64.2. The summed E-state index contributed by atoms with van der Waals surface area (Å²) in [5, 5.41) is 8.37. The zero-order valence-corrected chi connectivity index (χ0v) is 40.9. The summed E-state index contributed by atoms with van der Waals surface area (Å²) >= 11 is 0. The van der Waals surface area contributed by atoms with Crippen LogP contribution in [0.4, 0.5) is 4.79 Å². The van der Waals surface area contributed by atoms with E-state index in [2.05, 4.69) is 83.5 Å². The average Bonchev–Trinajstić information content (AvgIpc) is 3.26. The quantitative estimate of drug-likeness (QED) is 0.0479. The molecule has 4 rings (SSSR count). The van der Waals surface area contributed by atoms with Crippen LogP contribution in [-0.4, -0.2) is 61.3 Å². The number of carbonyl (C=O) groups is 5. The van der Waals surface area contributed by atoms with E-state index in [1.165, 1.54) is 0 Å². The first kappa shape index (κ1) is 53.7. The number of Topliss-reactive ketones (excluding diaryl/α,β-unsaturated/α-hetero) is 2. The van der Waals surface area contributed by atoms with Gasteiger partial charge in [0.25, 0.3) is 0 Å². The van der Waals surface area contributed by atoms with Crippen molar-refractivity contribution in [1.29, 1.82) is 0 Å². The number of ether oxygens (including phenoxy) is 1. The predicted molar refractivity (Wildman–Crippen MR) is 264 cm³/mol. The topological polar surface area (TPSA) is 157 Å². The van der Waals surface area contributed by atoms with E-state index in [-0.39, 0.29) is 49.3 Å². The Morgan fingerprint density at radius 3 is 1.17 bits per heavy atom. The van der Waals surface area contributed by atoms with E-state index in [0.717, 1.165) is 33.4 Å². The van der Waals surface area contributed by atoms with Gasteiger partial charge >= 0.3 is 6.09 Å². The molecule has 4 aromatic rings. The van der Waals surface area contributed by atoms with Crippen LogP contribution in [0.2, 0.25) is 0 Å². The monoisotopic (exact) mass is 889 g/mol. The number of ketones is 2. The van der Waals surface area contributed by atoms with Crippen molar-refractivity contribution < 1.29 is 28.7 Å². The molecule has 0 spiro atoms. The minimum absolute atomic E-state index is 0.0122. The lowest BCUT2D eigenvalue weighted by Crippen LogP contribution is -2.40. The lowest BCUT2D eigenvalue weighted by atomic mass is 9.88. The Kier molecular flexibility index (Phi) is 21.8. The first-order chi connectivity index (χ1) is 30.7. The van der Waals surface area contributed by atoms with Crippen molar-refractivity contribution in [2.75, 3.05) is 26.2 Å². The molecule has 10 nitrogen and oxygen atoms in total. The molecule has 0 fully saturated rings. The zero-order valence-electron chi connectivity index (χ0n) is 40.9. The average molecular weight is 889 g/mol. The fourth-order valence-electron chi connectivity index (χ4n) is 7.15. The van der Waals surface area contributed by atoms with Crippen molar-refractivity contribution in [3.05, 3.63) is 142 Å². The number of benzene rings is 4. The van der Waals surface area contributed by atoms with Crippen molar-refractivity contribution in [3.8, 4) is 0 Å². The van der Waals surface area contributed by atoms with Crippen LogP contribution in [0.15, 0.2) is 97.1 Å². The first-order valence-electron chi connectivity index (χ1n) is 23.3. The van der Waals surface area contributed by atoms with Crippen LogP contribution in [0.3, 0.4) is 0 Å². The standard InChI is InChI=1S/C30H42N2O4.C25H34N2O2/c1-20(2)23-16-24(21(3)4)18-25(17-23)27(33)19-26(15-22-11-9-8-10-12-22)28(34)31-13-14-32-29(35)36-30(5,6)7;1-17(2)20-13-21(18(3)4)15-22(14-20)24(28)16-23(25(29)27-11-10-26)12-19-8-6-5-7-9-19/h8-12,16-18,20-21,26H,13-15,19H2,1-7H3,(H,31,34)(H,32,35);5-9,13-15,17-18,23H,10-12,16,26H2,1-4H3,(H,27,29)/t26-;23-/m00/s1. The first-order valence-corrected chi connectivity index (χ1v) is 23.3. The zero-order chi connectivity index (χ0) is 48.3. The molecule has 0 bridgehead atoms. The maximum atomic E-state index is 13.4. The SMILES string of the molecule is CC(C)c1cc(C(=O)C[C@H](Cc2ccccc2)C(=O)NCCN)cc(C(C)C)c1.CC(C)c1cc(C(=O)C[C@H](Cc2ccccc2)C(=O)NCCNC(=O)OC(C)(C)C)cc(C(C)C)c1. The van der Waals surface area contributed by atoms with Gasteiger partial charge in [-0.1, -0.05) is 128 Å². The van der Waals surface area contributed by atoms with Gasteiger partial charge in [-0.2, -0.15) is 0 Å². The van der Waals surface area contributed by atoms with E-state index in [0.29, 0.717) is 60.7 Å². The summed E-state index contributed by atoms with van der Waals surface area (Å²) in [5.41, 5.74) is 12.9. The fourth-order valence-corrected chi connectivity index (χ4v) is 7.15. The van der Waals surface area contributed by atoms with Gasteiger partial charge in [-0.05, 0) is 115 Å². The second-order valence-corrected chi connectivity index (χ2v) is 19.2. The van der Waals surface area contributed by atoms with Crippen LogP contribution in [0, 0.1) is 11.8 Å². The molecule has 2 atom stereocenters. The summed E-state index contributed by atoms with van der Waals surface area (Å²) in [5.74, 6) is 0.00151. The molecular formula is C55H76N4O6. The van der Waals surface area contributed by atoms with E-state index in [1.54, 1.807) is 20.8 Å². The third-order valence-corrected chi connectivity index (χ3v) is 11.1. The molecule has 65 heavy (non-hydrogen) atoms. The molecule has 0 aliphatic carbocycles. The Balaban J connectivity index is 0.000000353. The molecule has 0 radical (unpaired) electrons. The lowest BCUT2D eigenvalue weighted by molar-refractivity contribution is -0.125. The highest BCUT2D eigenvalue weighted by atomic mass is 16.6. The van der Waals surface area contributed by atoms with Gasteiger partial charge in [0.15, 0.2) is 11.6 Å². The Morgan fingerprint density at radius 1 is 0.508 bits per heavy atom. The van der Waals surface area contributed by atoms with Crippen LogP contribution >= 0.6 is 0 Å². The summed E-state index contributed by atoms with van der Waals surface area (Å²) in [7, 11) is 0. The summed E-state index contributed by atoms with van der Waals surface area (Å²) < 4.78 is 5.22.